The van der Waals surface area contributed by atoms with E-state index in [1.165, 1.54) is 24.5 Å². The molecule has 0 aliphatic rings. The Hall–Kier alpha value is -2.09. The number of aliphatic hydroxyl groups excluding tert-OH is 1. The quantitative estimate of drug-likeness (QED) is 0.684. The highest BCUT2D eigenvalue weighted by molar-refractivity contribution is 7.10. The van der Waals surface area contributed by atoms with Crippen LogP contribution in [-0.2, 0) is 9.59 Å². The molecule has 128 valence electrons. The number of thiophene rings is 1. The van der Waals surface area contributed by atoms with E-state index in [-0.39, 0.29) is 6.54 Å². The molecule has 2 amide bonds. The van der Waals surface area contributed by atoms with Gasteiger partial charge in [-0.15, -0.1) is 11.3 Å². The summed E-state index contributed by atoms with van der Waals surface area (Å²) >= 11 is 7.30. The number of hydrogen-bond donors (Lipinski definition) is 3. The van der Waals surface area contributed by atoms with Gasteiger partial charge in [0.15, 0.2) is 0 Å². The monoisotopic (exact) mass is 368 g/mol. The minimum absolute atomic E-state index is 0.179. The van der Waals surface area contributed by atoms with Gasteiger partial charge in [-0.1, -0.05) is 17.7 Å². The summed E-state index contributed by atoms with van der Waals surface area (Å²) in [7, 11) is 1.45. The first-order chi connectivity index (χ1) is 11.5. The summed E-state index contributed by atoms with van der Waals surface area (Å²) in [4.78, 5) is 24.6. The molecule has 0 fully saturated rings. The number of ether oxygens (including phenoxy) is 1. The second-order valence-electron chi connectivity index (χ2n) is 4.87. The molecule has 6 nitrogen and oxygen atoms in total. The zero-order valence-electron chi connectivity index (χ0n) is 12.9. The van der Waals surface area contributed by atoms with Gasteiger partial charge in [0.05, 0.1) is 18.9 Å². The second kappa shape index (κ2) is 8.68. The van der Waals surface area contributed by atoms with Crippen LogP contribution in [0, 0.1) is 0 Å². The van der Waals surface area contributed by atoms with Gasteiger partial charge >= 0.3 is 11.8 Å². The highest BCUT2D eigenvalue weighted by Gasteiger charge is 2.16. The molecular formula is C16H17ClN2O4S. The Morgan fingerprint density at radius 2 is 2.12 bits per heavy atom. The fourth-order valence-electron chi connectivity index (χ4n) is 1.98. The molecule has 8 heteroatoms. The lowest BCUT2D eigenvalue weighted by Gasteiger charge is -2.11. The number of anilines is 1. The van der Waals surface area contributed by atoms with Gasteiger partial charge in [-0.25, -0.2) is 0 Å². The van der Waals surface area contributed by atoms with Gasteiger partial charge in [-0.05, 0) is 36.1 Å². The molecule has 1 unspecified atom stereocenters. The molecule has 0 aliphatic carbocycles. The summed E-state index contributed by atoms with van der Waals surface area (Å²) < 4.78 is 5.10. The molecule has 0 aliphatic heterocycles. The number of aliphatic hydroxyl groups is 1. The van der Waals surface area contributed by atoms with Crippen LogP contribution < -0.4 is 15.4 Å². The first kappa shape index (κ1) is 18.3. The van der Waals surface area contributed by atoms with Crippen molar-refractivity contribution >= 4 is 40.4 Å². The minimum atomic E-state index is -0.832. The molecular weight excluding hydrogens is 352 g/mol. The van der Waals surface area contributed by atoms with Gasteiger partial charge in [0, 0.05) is 16.4 Å². The zero-order chi connectivity index (χ0) is 17.5. The fourth-order valence-corrected chi connectivity index (χ4v) is 2.90. The molecule has 1 aromatic carbocycles. The Labute approximate surface area is 148 Å². The average Bonchev–Trinajstić information content (AvgIpc) is 3.09. The third-order valence-corrected chi connectivity index (χ3v) is 4.40. The van der Waals surface area contributed by atoms with Crippen molar-refractivity contribution in [3.63, 3.8) is 0 Å². The largest absolute Gasteiger partial charge is 0.495 e. The number of benzene rings is 1. The van der Waals surface area contributed by atoms with Gasteiger partial charge < -0.3 is 20.5 Å². The molecule has 0 saturated heterocycles. The number of hydrogen-bond acceptors (Lipinski definition) is 5. The molecule has 1 aromatic heterocycles. The summed E-state index contributed by atoms with van der Waals surface area (Å²) in [5.41, 5.74) is 0.309. The van der Waals surface area contributed by atoms with Gasteiger partial charge in [0.25, 0.3) is 0 Å². The molecule has 2 aromatic rings. The highest BCUT2D eigenvalue weighted by Crippen LogP contribution is 2.27. The van der Waals surface area contributed by atoms with E-state index in [0.717, 1.165) is 4.88 Å². The van der Waals surface area contributed by atoms with Crippen molar-refractivity contribution in [3.8, 4) is 5.75 Å². The maximum atomic E-state index is 11.9. The van der Waals surface area contributed by atoms with Crippen LogP contribution in [0.25, 0.3) is 0 Å². The van der Waals surface area contributed by atoms with Crippen LogP contribution in [0.15, 0.2) is 35.7 Å². The predicted molar refractivity (Wildman–Crippen MR) is 93.5 cm³/mol. The van der Waals surface area contributed by atoms with Gasteiger partial charge in [0.2, 0.25) is 0 Å². The van der Waals surface area contributed by atoms with E-state index in [1.54, 1.807) is 12.1 Å². The van der Waals surface area contributed by atoms with Crippen LogP contribution in [0.5, 0.6) is 5.75 Å². The number of rotatable bonds is 6. The Bertz CT molecular complexity index is 706. The Morgan fingerprint density at radius 3 is 2.79 bits per heavy atom. The van der Waals surface area contributed by atoms with Crippen molar-refractivity contribution < 1.29 is 19.4 Å². The Balaban J connectivity index is 1.84. The van der Waals surface area contributed by atoms with Crippen LogP contribution in [-0.4, -0.2) is 30.6 Å². The van der Waals surface area contributed by atoms with Crippen molar-refractivity contribution in [1.82, 2.24) is 5.32 Å². The molecule has 1 atom stereocenters. The topological polar surface area (TPSA) is 87.7 Å². The third kappa shape index (κ3) is 4.95. The lowest BCUT2D eigenvalue weighted by Crippen LogP contribution is -2.36. The fraction of sp³-hybridized carbons (Fsp3) is 0.250. The number of amides is 2. The minimum Gasteiger partial charge on any atom is -0.495 e. The number of carbonyl (C=O) groups is 2. The smallest absolute Gasteiger partial charge is 0.313 e. The van der Waals surface area contributed by atoms with E-state index in [9.17, 15) is 14.7 Å². The van der Waals surface area contributed by atoms with Crippen LogP contribution in [0.1, 0.15) is 17.4 Å². The van der Waals surface area contributed by atoms with E-state index in [0.29, 0.717) is 22.9 Å². The maximum Gasteiger partial charge on any atom is 0.313 e. The zero-order valence-corrected chi connectivity index (χ0v) is 14.5. The summed E-state index contributed by atoms with van der Waals surface area (Å²) in [5, 5.41) is 17.1. The molecule has 0 bridgehead atoms. The van der Waals surface area contributed by atoms with Crippen molar-refractivity contribution in [2.45, 2.75) is 12.5 Å². The van der Waals surface area contributed by atoms with Gasteiger partial charge in [-0.3, -0.25) is 9.59 Å². The van der Waals surface area contributed by atoms with E-state index in [4.69, 9.17) is 16.3 Å². The highest BCUT2D eigenvalue weighted by atomic mass is 35.5. The maximum absolute atomic E-state index is 11.9. The molecule has 0 saturated carbocycles. The SMILES string of the molecule is COc1ccc(Cl)cc1NC(=O)C(=O)NCCC(O)c1cccs1. The first-order valence-electron chi connectivity index (χ1n) is 7.15. The number of halogens is 1. The van der Waals surface area contributed by atoms with Crippen molar-refractivity contribution in [1.29, 1.82) is 0 Å². The van der Waals surface area contributed by atoms with Crippen molar-refractivity contribution in [2.24, 2.45) is 0 Å². The molecule has 3 N–H and O–H groups in total. The second-order valence-corrected chi connectivity index (χ2v) is 6.29. The van der Waals surface area contributed by atoms with E-state index in [2.05, 4.69) is 10.6 Å². The van der Waals surface area contributed by atoms with Crippen molar-refractivity contribution in [3.05, 3.63) is 45.6 Å². The summed E-state index contributed by atoms with van der Waals surface area (Å²) in [5.74, 6) is -1.23. The van der Waals surface area contributed by atoms with Crippen LogP contribution in [0.2, 0.25) is 5.02 Å². The van der Waals surface area contributed by atoms with Crippen LogP contribution in [0.3, 0.4) is 0 Å². The summed E-state index contributed by atoms with van der Waals surface area (Å²) in [6.45, 7) is 0.179. The third-order valence-electron chi connectivity index (χ3n) is 3.19. The summed E-state index contributed by atoms with van der Waals surface area (Å²) in [6.07, 6.45) is -0.346. The number of carbonyl (C=O) groups excluding carboxylic acids is 2. The van der Waals surface area contributed by atoms with Gasteiger partial charge in [0.1, 0.15) is 5.75 Å². The Kier molecular flexibility index (Phi) is 6.60. The van der Waals surface area contributed by atoms with E-state index in [1.807, 2.05) is 17.5 Å². The molecule has 0 radical (unpaired) electrons. The number of methoxy groups -OCH3 is 1. The van der Waals surface area contributed by atoms with E-state index >= 15 is 0 Å². The molecule has 2 rings (SSSR count). The molecule has 0 spiro atoms. The standard InChI is InChI=1S/C16H17ClN2O4S/c1-23-13-5-4-10(17)9-11(13)19-16(22)15(21)18-7-6-12(20)14-3-2-8-24-14/h2-5,8-9,12,20H,6-7H2,1H3,(H,18,21)(H,19,22). The number of nitrogens with one attached hydrogen (secondary N) is 2. The molecule has 1 heterocycles. The lowest BCUT2D eigenvalue weighted by atomic mass is 10.2. The lowest BCUT2D eigenvalue weighted by molar-refractivity contribution is -0.136. The predicted octanol–water partition coefficient (Wildman–Crippen LogP) is 2.59. The normalized spacial score (nSPS) is 11.6. The van der Waals surface area contributed by atoms with Crippen LogP contribution >= 0.6 is 22.9 Å². The van der Waals surface area contributed by atoms with E-state index < -0.39 is 17.9 Å². The summed E-state index contributed by atoms with van der Waals surface area (Å²) in [6, 6.07) is 8.35. The van der Waals surface area contributed by atoms with Crippen molar-refractivity contribution in [2.75, 3.05) is 19.0 Å². The average molecular weight is 369 g/mol. The Morgan fingerprint density at radius 1 is 1.33 bits per heavy atom. The van der Waals surface area contributed by atoms with Gasteiger partial charge in [-0.2, -0.15) is 0 Å². The molecule has 24 heavy (non-hydrogen) atoms. The van der Waals surface area contributed by atoms with Crippen LogP contribution in [0.4, 0.5) is 5.69 Å². The first-order valence-corrected chi connectivity index (χ1v) is 8.41.